The standard InChI is InChI=1S/C8H16FNO3/c1-10(2)7-6(9)5(4-11)13-8(7)12-3/h5-8,11H,4H2,1-3H3/t5-,6-,7+,8+/m1/s1. The maximum atomic E-state index is 13.5. The summed E-state index contributed by atoms with van der Waals surface area (Å²) in [5, 5.41) is 8.81. The lowest BCUT2D eigenvalue weighted by molar-refractivity contribution is -0.140. The van der Waals surface area contributed by atoms with Crippen molar-refractivity contribution in [1.82, 2.24) is 4.90 Å². The molecule has 0 aromatic rings. The van der Waals surface area contributed by atoms with Crippen LogP contribution in [0.2, 0.25) is 0 Å². The van der Waals surface area contributed by atoms with Crippen LogP contribution in [0.25, 0.3) is 0 Å². The zero-order valence-electron chi connectivity index (χ0n) is 8.11. The lowest BCUT2D eigenvalue weighted by atomic mass is 10.1. The third kappa shape index (κ3) is 1.99. The van der Waals surface area contributed by atoms with E-state index in [1.807, 2.05) is 0 Å². The highest BCUT2D eigenvalue weighted by molar-refractivity contribution is 4.91. The van der Waals surface area contributed by atoms with Crippen molar-refractivity contribution in [3.63, 3.8) is 0 Å². The van der Waals surface area contributed by atoms with E-state index in [9.17, 15) is 4.39 Å². The Morgan fingerprint density at radius 2 is 2.15 bits per heavy atom. The van der Waals surface area contributed by atoms with Crippen LogP contribution >= 0.6 is 0 Å². The van der Waals surface area contributed by atoms with Gasteiger partial charge in [-0.05, 0) is 14.1 Å². The fourth-order valence-electron chi connectivity index (χ4n) is 1.56. The molecule has 1 aliphatic heterocycles. The molecule has 13 heavy (non-hydrogen) atoms. The molecule has 0 bridgehead atoms. The molecule has 1 fully saturated rings. The molecule has 1 aliphatic rings. The number of alkyl halides is 1. The summed E-state index contributed by atoms with van der Waals surface area (Å²) in [5.74, 6) is 0. The fourth-order valence-corrected chi connectivity index (χ4v) is 1.56. The molecule has 0 amide bonds. The van der Waals surface area contributed by atoms with E-state index in [1.165, 1.54) is 7.11 Å². The van der Waals surface area contributed by atoms with E-state index in [4.69, 9.17) is 14.6 Å². The number of ether oxygens (including phenoxy) is 2. The molecule has 1 saturated heterocycles. The van der Waals surface area contributed by atoms with E-state index in [0.717, 1.165) is 0 Å². The van der Waals surface area contributed by atoms with E-state index in [1.54, 1.807) is 19.0 Å². The van der Waals surface area contributed by atoms with Crippen LogP contribution in [0.5, 0.6) is 0 Å². The Labute approximate surface area is 77.2 Å². The van der Waals surface area contributed by atoms with Gasteiger partial charge in [0.2, 0.25) is 0 Å². The van der Waals surface area contributed by atoms with Crippen molar-refractivity contribution in [3.8, 4) is 0 Å². The summed E-state index contributed by atoms with van der Waals surface area (Å²) in [6.45, 7) is -0.314. The highest BCUT2D eigenvalue weighted by atomic mass is 19.1. The van der Waals surface area contributed by atoms with Crippen molar-refractivity contribution < 1.29 is 19.0 Å². The summed E-state index contributed by atoms with van der Waals surface area (Å²) in [7, 11) is 4.98. The van der Waals surface area contributed by atoms with E-state index in [-0.39, 0.29) is 6.61 Å². The van der Waals surface area contributed by atoms with Crippen LogP contribution in [0.1, 0.15) is 0 Å². The Morgan fingerprint density at radius 1 is 1.54 bits per heavy atom. The van der Waals surface area contributed by atoms with Crippen molar-refractivity contribution >= 4 is 0 Å². The molecule has 0 radical (unpaired) electrons. The topological polar surface area (TPSA) is 41.9 Å². The minimum atomic E-state index is -1.20. The predicted molar refractivity (Wildman–Crippen MR) is 45.1 cm³/mol. The summed E-state index contributed by atoms with van der Waals surface area (Å²) in [5.41, 5.74) is 0. The maximum absolute atomic E-state index is 13.5. The second kappa shape index (κ2) is 4.32. The molecule has 0 aliphatic carbocycles. The minimum Gasteiger partial charge on any atom is -0.394 e. The summed E-state index contributed by atoms with van der Waals surface area (Å²) in [4.78, 5) is 1.70. The molecular weight excluding hydrogens is 177 g/mol. The van der Waals surface area contributed by atoms with Gasteiger partial charge in [0.05, 0.1) is 12.6 Å². The molecule has 1 heterocycles. The number of likely N-dealkylation sites (N-methyl/N-ethyl adjacent to an activating group) is 1. The van der Waals surface area contributed by atoms with Gasteiger partial charge in [0.25, 0.3) is 0 Å². The average Bonchev–Trinajstić information content (AvgIpc) is 2.41. The lowest BCUT2D eigenvalue weighted by Crippen LogP contribution is -2.43. The number of hydrogen-bond donors (Lipinski definition) is 1. The second-order valence-corrected chi connectivity index (χ2v) is 3.36. The highest BCUT2D eigenvalue weighted by Gasteiger charge is 2.46. The number of rotatable bonds is 3. The van der Waals surface area contributed by atoms with E-state index in [0.29, 0.717) is 0 Å². The summed E-state index contributed by atoms with van der Waals surface area (Å²) < 4.78 is 23.7. The van der Waals surface area contributed by atoms with Gasteiger partial charge in [-0.25, -0.2) is 4.39 Å². The first-order chi connectivity index (χ1) is 6.11. The lowest BCUT2D eigenvalue weighted by Gasteiger charge is -2.24. The summed E-state index contributed by atoms with van der Waals surface area (Å²) >= 11 is 0. The van der Waals surface area contributed by atoms with Crippen LogP contribution in [0, 0.1) is 0 Å². The van der Waals surface area contributed by atoms with Crippen LogP contribution in [-0.2, 0) is 9.47 Å². The van der Waals surface area contributed by atoms with Crippen LogP contribution in [0.15, 0.2) is 0 Å². The van der Waals surface area contributed by atoms with Gasteiger partial charge in [-0.1, -0.05) is 0 Å². The molecule has 0 aromatic carbocycles. The summed E-state index contributed by atoms with van der Waals surface area (Å²) in [6, 6.07) is -0.442. The van der Waals surface area contributed by atoms with Crippen molar-refractivity contribution in [1.29, 1.82) is 0 Å². The molecule has 1 rings (SSSR count). The second-order valence-electron chi connectivity index (χ2n) is 3.36. The molecule has 78 valence electrons. The first-order valence-electron chi connectivity index (χ1n) is 4.21. The zero-order chi connectivity index (χ0) is 10.0. The predicted octanol–water partition coefficient (Wildman–Crippen LogP) is -0.382. The van der Waals surface area contributed by atoms with Gasteiger partial charge in [0.15, 0.2) is 6.29 Å². The molecule has 0 saturated carbocycles. The van der Waals surface area contributed by atoms with Gasteiger partial charge in [-0.3, -0.25) is 4.90 Å². The largest absolute Gasteiger partial charge is 0.394 e. The number of methoxy groups -OCH3 is 1. The Morgan fingerprint density at radius 3 is 2.46 bits per heavy atom. The molecule has 0 unspecified atom stereocenters. The smallest absolute Gasteiger partial charge is 0.176 e. The molecule has 4 atom stereocenters. The van der Waals surface area contributed by atoms with Gasteiger partial charge in [0.1, 0.15) is 12.3 Å². The number of aliphatic hydroxyl groups is 1. The Bertz CT molecular complexity index is 165. The molecule has 5 heteroatoms. The van der Waals surface area contributed by atoms with Gasteiger partial charge >= 0.3 is 0 Å². The van der Waals surface area contributed by atoms with Crippen LogP contribution < -0.4 is 0 Å². The van der Waals surface area contributed by atoms with Crippen molar-refractivity contribution in [2.24, 2.45) is 0 Å². The van der Waals surface area contributed by atoms with Gasteiger partial charge in [-0.15, -0.1) is 0 Å². The third-order valence-electron chi connectivity index (χ3n) is 2.28. The van der Waals surface area contributed by atoms with Gasteiger partial charge < -0.3 is 14.6 Å². The Kier molecular flexibility index (Phi) is 3.61. The molecular formula is C8H16FNO3. The normalized spacial score (nSPS) is 40.2. The van der Waals surface area contributed by atoms with Crippen molar-refractivity contribution in [2.45, 2.75) is 24.6 Å². The first-order valence-corrected chi connectivity index (χ1v) is 4.21. The number of aliphatic hydroxyl groups excluding tert-OH is 1. The minimum absolute atomic E-state index is 0.314. The third-order valence-corrected chi connectivity index (χ3v) is 2.28. The molecule has 1 N–H and O–H groups in total. The number of halogens is 1. The van der Waals surface area contributed by atoms with Crippen molar-refractivity contribution in [3.05, 3.63) is 0 Å². The SMILES string of the molecule is CO[C@H]1O[C@H](CO)[C@@H](F)[C@@H]1N(C)C. The van der Waals surface area contributed by atoms with Gasteiger partial charge in [0, 0.05) is 7.11 Å². The molecule has 4 nitrogen and oxygen atoms in total. The monoisotopic (exact) mass is 193 g/mol. The zero-order valence-corrected chi connectivity index (χ0v) is 8.11. The highest BCUT2D eigenvalue weighted by Crippen LogP contribution is 2.26. The van der Waals surface area contributed by atoms with Crippen LogP contribution in [0.3, 0.4) is 0 Å². The maximum Gasteiger partial charge on any atom is 0.176 e. The Balaban J connectivity index is 2.68. The molecule has 0 spiro atoms. The average molecular weight is 193 g/mol. The first kappa shape index (κ1) is 10.8. The van der Waals surface area contributed by atoms with Gasteiger partial charge in [-0.2, -0.15) is 0 Å². The van der Waals surface area contributed by atoms with E-state index in [2.05, 4.69) is 0 Å². The number of hydrogen-bond acceptors (Lipinski definition) is 4. The van der Waals surface area contributed by atoms with Crippen molar-refractivity contribution in [2.75, 3.05) is 27.8 Å². The van der Waals surface area contributed by atoms with Crippen LogP contribution in [-0.4, -0.2) is 62.4 Å². The fraction of sp³-hybridized carbons (Fsp3) is 1.00. The molecule has 0 aromatic heterocycles. The van der Waals surface area contributed by atoms with Crippen LogP contribution in [0.4, 0.5) is 4.39 Å². The van der Waals surface area contributed by atoms with E-state index < -0.39 is 24.6 Å². The van der Waals surface area contributed by atoms with E-state index >= 15 is 0 Å². The number of nitrogens with zero attached hydrogens (tertiary/aromatic N) is 1. The quantitative estimate of drug-likeness (QED) is 0.663. The Hall–Kier alpha value is -0.230. The summed E-state index contributed by atoms with van der Waals surface area (Å²) in [6.07, 6.45) is -2.57.